The van der Waals surface area contributed by atoms with Gasteiger partial charge in [0.25, 0.3) is 0 Å². The van der Waals surface area contributed by atoms with E-state index in [4.69, 9.17) is 23.2 Å². The van der Waals surface area contributed by atoms with Crippen molar-refractivity contribution in [3.63, 3.8) is 0 Å². The van der Waals surface area contributed by atoms with Gasteiger partial charge in [0.05, 0.1) is 5.92 Å². The van der Waals surface area contributed by atoms with E-state index < -0.39 is 22.8 Å². The zero-order valence-electron chi connectivity index (χ0n) is 15.1. The molecule has 0 radical (unpaired) electrons. The number of nitrogens with one attached hydrogen (secondary N) is 1. The SMILES string of the molecule is O=C1Nc2ccccc2C1(c1ccccc1)[C@H](C[N+](=O)[O-])c1ccc(Cl)cc1Cl. The van der Waals surface area contributed by atoms with Crippen LogP contribution in [0.5, 0.6) is 0 Å². The van der Waals surface area contributed by atoms with Crippen LogP contribution >= 0.6 is 23.2 Å². The minimum atomic E-state index is -1.30. The maximum absolute atomic E-state index is 13.5. The van der Waals surface area contributed by atoms with Crippen molar-refractivity contribution in [3.8, 4) is 0 Å². The second-order valence-corrected chi connectivity index (χ2v) is 7.75. The quantitative estimate of drug-likeness (QED) is 0.444. The van der Waals surface area contributed by atoms with E-state index in [0.29, 0.717) is 27.4 Å². The lowest BCUT2D eigenvalue weighted by atomic mass is 9.64. The first kappa shape index (κ1) is 19.4. The molecule has 29 heavy (non-hydrogen) atoms. The summed E-state index contributed by atoms with van der Waals surface area (Å²) in [5, 5.41) is 15.3. The summed E-state index contributed by atoms with van der Waals surface area (Å²) in [4.78, 5) is 24.8. The Bertz CT molecular complexity index is 1100. The third-order valence-corrected chi connectivity index (χ3v) is 5.94. The number of halogens is 2. The highest BCUT2D eigenvalue weighted by molar-refractivity contribution is 6.35. The van der Waals surface area contributed by atoms with E-state index in [1.165, 1.54) is 0 Å². The molecule has 0 spiro atoms. The van der Waals surface area contributed by atoms with Gasteiger partial charge in [0.1, 0.15) is 5.41 Å². The largest absolute Gasteiger partial charge is 0.325 e. The fraction of sp³-hybridized carbons (Fsp3) is 0.136. The normalized spacial score (nSPS) is 18.8. The molecule has 3 aromatic carbocycles. The van der Waals surface area contributed by atoms with Gasteiger partial charge in [-0.25, -0.2) is 0 Å². The average Bonchev–Trinajstić information content (AvgIpc) is 2.99. The molecule has 3 aromatic rings. The topological polar surface area (TPSA) is 72.2 Å². The summed E-state index contributed by atoms with van der Waals surface area (Å²) in [5.41, 5.74) is 1.19. The van der Waals surface area contributed by atoms with Crippen molar-refractivity contribution in [1.29, 1.82) is 0 Å². The van der Waals surface area contributed by atoms with Gasteiger partial charge in [-0.2, -0.15) is 0 Å². The molecule has 1 aliphatic rings. The summed E-state index contributed by atoms with van der Waals surface area (Å²) >= 11 is 12.5. The summed E-state index contributed by atoms with van der Waals surface area (Å²) in [7, 11) is 0. The van der Waals surface area contributed by atoms with Crippen molar-refractivity contribution in [3.05, 3.63) is 110 Å². The molecule has 5 nitrogen and oxygen atoms in total. The van der Waals surface area contributed by atoms with Crippen LogP contribution in [0.4, 0.5) is 5.69 Å². The van der Waals surface area contributed by atoms with Crippen LogP contribution in [-0.2, 0) is 10.2 Å². The van der Waals surface area contributed by atoms with E-state index in [1.807, 2.05) is 48.5 Å². The Kier molecular flexibility index (Phi) is 5.03. The maximum Gasteiger partial charge on any atom is 0.240 e. The van der Waals surface area contributed by atoms with Gasteiger partial charge < -0.3 is 5.32 Å². The lowest BCUT2D eigenvalue weighted by molar-refractivity contribution is -0.484. The number of anilines is 1. The molecule has 0 saturated carbocycles. The third kappa shape index (κ3) is 3.16. The van der Waals surface area contributed by atoms with Gasteiger partial charge in [-0.3, -0.25) is 14.9 Å². The minimum absolute atomic E-state index is 0.289. The van der Waals surface area contributed by atoms with Gasteiger partial charge in [-0.05, 0) is 34.9 Å². The van der Waals surface area contributed by atoms with E-state index in [9.17, 15) is 14.9 Å². The molecule has 0 bridgehead atoms. The van der Waals surface area contributed by atoms with E-state index in [-0.39, 0.29) is 10.9 Å². The summed E-state index contributed by atoms with van der Waals surface area (Å²) in [6.45, 7) is -0.474. The summed E-state index contributed by atoms with van der Waals surface area (Å²) in [6.07, 6.45) is 0. The molecule has 7 heteroatoms. The molecule has 0 saturated heterocycles. The zero-order valence-corrected chi connectivity index (χ0v) is 16.7. The summed E-state index contributed by atoms with van der Waals surface area (Å²) in [6, 6.07) is 21.2. The van der Waals surface area contributed by atoms with Gasteiger partial charge in [0.15, 0.2) is 0 Å². The molecule has 0 aromatic heterocycles. The fourth-order valence-corrected chi connectivity index (χ4v) is 4.76. The van der Waals surface area contributed by atoms with Gasteiger partial charge >= 0.3 is 0 Å². The number of amides is 1. The van der Waals surface area contributed by atoms with Crippen LogP contribution in [0.15, 0.2) is 72.8 Å². The first-order valence-electron chi connectivity index (χ1n) is 8.98. The number of hydrogen-bond acceptors (Lipinski definition) is 3. The van der Waals surface area contributed by atoms with E-state index in [0.717, 1.165) is 0 Å². The van der Waals surface area contributed by atoms with Crippen LogP contribution in [-0.4, -0.2) is 17.4 Å². The van der Waals surface area contributed by atoms with Crippen molar-refractivity contribution in [1.82, 2.24) is 0 Å². The number of carbonyl (C=O) groups excluding carboxylic acids is 1. The van der Waals surface area contributed by atoms with Crippen LogP contribution in [0.25, 0.3) is 0 Å². The number of hydrogen-bond donors (Lipinski definition) is 1. The van der Waals surface area contributed by atoms with Crippen molar-refractivity contribution in [2.24, 2.45) is 0 Å². The monoisotopic (exact) mass is 426 g/mol. The molecule has 1 aliphatic heterocycles. The molecular weight excluding hydrogens is 411 g/mol. The second kappa shape index (κ2) is 7.50. The van der Waals surface area contributed by atoms with Crippen LogP contribution in [0, 0.1) is 10.1 Å². The van der Waals surface area contributed by atoms with Crippen LogP contribution < -0.4 is 5.32 Å². The number of para-hydroxylation sites is 1. The third-order valence-electron chi connectivity index (χ3n) is 5.38. The molecular formula is C22H16Cl2N2O3. The Morgan fingerprint density at radius 1 is 1.00 bits per heavy atom. The van der Waals surface area contributed by atoms with Gasteiger partial charge in [0.2, 0.25) is 12.5 Å². The maximum atomic E-state index is 13.5. The highest BCUT2D eigenvalue weighted by Crippen LogP contribution is 2.52. The zero-order chi connectivity index (χ0) is 20.6. The average molecular weight is 427 g/mol. The van der Waals surface area contributed by atoms with Gasteiger partial charge in [-0.1, -0.05) is 77.8 Å². The van der Waals surface area contributed by atoms with Crippen LogP contribution in [0.3, 0.4) is 0 Å². The smallest absolute Gasteiger partial charge is 0.240 e. The Labute approximate surface area is 177 Å². The lowest BCUT2D eigenvalue weighted by Crippen LogP contribution is -2.44. The molecule has 1 N–H and O–H groups in total. The predicted octanol–water partition coefficient (Wildman–Crippen LogP) is 5.29. The highest BCUT2D eigenvalue weighted by Gasteiger charge is 2.56. The number of rotatable bonds is 5. The minimum Gasteiger partial charge on any atom is -0.325 e. The summed E-state index contributed by atoms with van der Waals surface area (Å²) in [5.74, 6) is -1.16. The Morgan fingerprint density at radius 2 is 1.69 bits per heavy atom. The van der Waals surface area contributed by atoms with E-state index in [1.54, 1.807) is 24.3 Å². The number of fused-ring (bicyclic) bond motifs is 1. The van der Waals surface area contributed by atoms with Crippen molar-refractivity contribution in [2.45, 2.75) is 11.3 Å². The standard InChI is InChI=1S/C22H16Cl2N2O3/c23-15-10-11-16(19(24)12-15)18(13-26(28)29)22(14-6-2-1-3-7-14)17-8-4-5-9-20(17)25-21(22)27/h1-12,18H,13H2,(H,25,27)/t18-,22?/m1/s1. The highest BCUT2D eigenvalue weighted by atomic mass is 35.5. The number of benzene rings is 3. The lowest BCUT2D eigenvalue weighted by Gasteiger charge is -2.35. The molecule has 4 rings (SSSR count). The first-order chi connectivity index (χ1) is 13.9. The van der Waals surface area contributed by atoms with Gasteiger partial charge in [-0.15, -0.1) is 0 Å². The Balaban J connectivity index is 2.06. The first-order valence-corrected chi connectivity index (χ1v) is 9.73. The molecule has 2 atom stereocenters. The van der Waals surface area contributed by atoms with Gasteiger partial charge in [0, 0.05) is 20.7 Å². The molecule has 0 aliphatic carbocycles. The molecule has 1 unspecified atom stereocenters. The Hall–Kier alpha value is -2.89. The second-order valence-electron chi connectivity index (χ2n) is 6.91. The van der Waals surface area contributed by atoms with Crippen LogP contribution in [0.1, 0.15) is 22.6 Å². The number of carbonyl (C=O) groups is 1. The fourth-order valence-electron chi connectivity index (χ4n) is 4.22. The molecule has 1 amide bonds. The van der Waals surface area contributed by atoms with E-state index >= 15 is 0 Å². The Morgan fingerprint density at radius 3 is 2.38 bits per heavy atom. The molecule has 1 heterocycles. The number of nitrogens with zero attached hydrogens (tertiary/aromatic N) is 1. The molecule has 0 fully saturated rings. The predicted molar refractivity (Wildman–Crippen MR) is 113 cm³/mol. The molecule has 146 valence electrons. The summed E-state index contributed by atoms with van der Waals surface area (Å²) < 4.78 is 0. The van der Waals surface area contributed by atoms with Crippen LogP contribution in [0.2, 0.25) is 10.0 Å². The van der Waals surface area contributed by atoms with E-state index in [2.05, 4.69) is 5.32 Å². The van der Waals surface area contributed by atoms with Crippen molar-refractivity contribution < 1.29 is 9.72 Å². The van der Waals surface area contributed by atoms with Crippen molar-refractivity contribution >= 4 is 34.8 Å². The number of nitro groups is 1. The van der Waals surface area contributed by atoms with Crippen molar-refractivity contribution in [2.75, 3.05) is 11.9 Å².